The third kappa shape index (κ3) is 2.98. The van der Waals surface area contributed by atoms with Crippen molar-refractivity contribution in [3.05, 3.63) is 48.0 Å². The molecule has 0 spiro atoms. The van der Waals surface area contributed by atoms with E-state index in [0.717, 1.165) is 35.7 Å². The average Bonchev–Trinajstić information content (AvgIpc) is 3.01. The number of benzene rings is 2. The molecule has 0 bridgehead atoms. The molecule has 1 atom stereocenters. The zero-order chi connectivity index (χ0) is 15.4. The summed E-state index contributed by atoms with van der Waals surface area (Å²) >= 11 is 0. The van der Waals surface area contributed by atoms with Crippen LogP contribution in [0.2, 0.25) is 0 Å². The normalized spacial score (nSPS) is 21.1. The van der Waals surface area contributed by atoms with Gasteiger partial charge < -0.3 is 15.4 Å². The van der Waals surface area contributed by atoms with Crippen LogP contribution in [0.15, 0.2) is 42.5 Å². The van der Waals surface area contributed by atoms with Gasteiger partial charge in [0.2, 0.25) is 0 Å². The molecular formula is C18H22N2O2. The SMILES string of the molecule is COCC1(CNC(=O)c2cccc3ccccc23)CCCN1. The van der Waals surface area contributed by atoms with E-state index in [2.05, 4.69) is 10.6 Å². The molecule has 2 aromatic rings. The van der Waals surface area contributed by atoms with Crippen LogP contribution in [0.1, 0.15) is 23.2 Å². The molecule has 0 aliphatic carbocycles. The van der Waals surface area contributed by atoms with Crippen LogP contribution in [0.3, 0.4) is 0 Å². The Kier molecular flexibility index (Phi) is 4.41. The maximum atomic E-state index is 12.6. The minimum absolute atomic E-state index is 0.0269. The van der Waals surface area contributed by atoms with Gasteiger partial charge in [0.1, 0.15) is 0 Å². The van der Waals surface area contributed by atoms with Gasteiger partial charge in [0.25, 0.3) is 5.91 Å². The molecular weight excluding hydrogens is 276 g/mol. The van der Waals surface area contributed by atoms with Crippen molar-refractivity contribution in [3.63, 3.8) is 0 Å². The van der Waals surface area contributed by atoms with Crippen LogP contribution in [-0.4, -0.2) is 38.3 Å². The molecule has 0 saturated carbocycles. The molecule has 22 heavy (non-hydrogen) atoms. The molecule has 2 N–H and O–H groups in total. The fourth-order valence-corrected chi connectivity index (χ4v) is 3.24. The van der Waals surface area contributed by atoms with E-state index in [9.17, 15) is 4.79 Å². The molecule has 116 valence electrons. The third-order valence-electron chi connectivity index (χ3n) is 4.37. The van der Waals surface area contributed by atoms with Crippen LogP contribution in [0.25, 0.3) is 10.8 Å². The first-order chi connectivity index (χ1) is 10.7. The molecule has 1 heterocycles. The number of ether oxygens (including phenoxy) is 1. The number of carbonyl (C=O) groups excluding carboxylic acids is 1. The second-order valence-corrected chi connectivity index (χ2v) is 5.95. The smallest absolute Gasteiger partial charge is 0.251 e. The molecule has 1 saturated heterocycles. The maximum Gasteiger partial charge on any atom is 0.251 e. The topological polar surface area (TPSA) is 50.4 Å². The van der Waals surface area contributed by atoms with Gasteiger partial charge in [0, 0.05) is 19.2 Å². The van der Waals surface area contributed by atoms with E-state index in [0.29, 0.717) is 13.2 Å². The number of amides is 1. The van der Waals surface area contributed by atoms with Crippen LogP contribution in [0.4, 0.5) is 0 Å². The van der Waals surface area contributed by atoms with Gasteiger partial charge in [-0.05, 0) is 36.2 Å². The largest absolute Gasteiger partial charge is 0.383 e. The maximum absolute atomic E-state index is 12.6. The first kappa shape index (κ1) is 15.0. The molecule has 1 aliphatic heterocycles. The molecule has 1 unspecified atom stereocenters. The highest BCUT2D eigenvalue weighted by molar-refractivity contribution is 6.07. The first-order valence-electron chi connectivity index (χ1n) is 7.74. The molecule has 3 rings (SSSR count). The fourth-order valence-electron chi connectivity index (χ4n) is 3.24. The minimum atomic E-state index is -0.130. The summed E-state index contributed by atoms with van der Waals surface area (Å²) in [4.78, 5) is 12.6. The van der Waals surface area contributed by atoms with Crippen molar-refractivity contribution in [2.75, 3.05) is 26.8 Å². The first-order valence-corrected chi connectivity index (χ1v) is 7.74. The van der Waals surface area contributed by atoms with E-state index < -0.39 is 0 Å². The highest BCUT2D eigenvalue weighted by Crippen LogP contribution is 2.21. The molecule has 4 nitrogen and oxygen atoms in total. The van der Waals surface area contributed by atoms with Crippen LogP contribution < -0.4 is 10.6 Å². The van der Waals surface area contributed by atoms with E-state index in [1.807, 2.05) is 42.5 Å². The highest BCUT2D eigenvalue weighted by atomic mass is 16.5. The van der Waals surface area contributed by atoms with Gasteiger partial charge in [-0.3, -0.25) is 4.79 Å². The van der Waals surface area contributed by atoms with Crippen molar-refractivity contribution < 1.29 is 9.53 Å². The van der Waals surface area contributed by atoms with Crippen molar-refractivity contribution in [2.45, 2.75) is 18.4 Å². The Hall–Kier alpha value is -1.91. The van der Waals surface area contributed by atoms with Crippen molar-refractivity contribution in [1.29, 1.82) is 0 Å². The lowest BCUT2D eigenvalue weighted by Crippen LogP contribution is -2.53. The molecule has 0 radical (unpaired) electrons. The molecule has 1 fully saturated rings. The number of methoxy groups -OCH3 is 1. The van der Waals surface area contributed by atoms with E-state index >= 15 is 0 Å². The summed E-state index contributed by atoms with van der Waals surface area (Å²) in [5.74, 6) is -0.0269. The summed E-state index contributed by atoms with van der Waals surface area (Å²) in [6, 6.07) is 13.8. The monoisotopic (exact) mass is 298 g/mol. The predicted molar refractivity (Wildman–Crippen MR) is 88.1 cm³/mol. The Labute approximate surface area is 130 Å². The number of hydrogen-bond acceptors (Lipinski definition) is 3. The standard InChI is InChI=1S/C18H22N2O2/c1-22-13-18(10-5-11-20-18)12-19-17(21)16-9-4-7-14-6-2-3-8-15(14)16/h2-4,6-9,20H,5,10-13H2,1H3,(H,19,21). The van der Waals surface area contributed by atoms with Crippen LogP contribution >= 0.6 is 0 Å². The van der Waals surface area contributed by atoms with E-state index in [1.54, 1.807) is 7.11 Å². The Morgan fingerprint density at radius 3 is 2.86 bits per heavy atom. The summed E-state index contributed by atoms with van der Waals surface area (Å²) in [6.07, 6.45) is 2.14. The third-order valence-corrected chi connectivity index (χ3v) is 4.37. The van der Waals surface area contributed by atoms with Crippen LogP contribution in [-0.2, 0) is 4.74 Å². The van der Waals surface area contributed by atoms with Crippen molar-refractivity contribution >= 4 is 16.7 Å². The second kappa shape index (κ2) is 6.46. The van der Waals surface area contributed by atoms with Crippen LogP contribution in [0.5, 0.6) is 0 Å². The molecule has 4 heteroatoms. The molecule has 0 aromatic heterocycles. The quantitative estimate of drug-likeness (QED) is 0.891. The Bertz CT molecular complexity index is 658. The van der Waals surface area contributed by atoms with Crippen molar-refractivity contribution in [1.82, 2.24) is 10.6 Å². The fraction of sp³-hybridized carbons (Fsp3) is 0.389. The van der Waals surface area contributed by atoms with Gasteiger partial charge in [0.05, 0.1) is 12.1 Å². The number of nitrogens with one attached hydrogen (secondary N) is 2. The zero-order valence-electron chi connectivity index (χ0n) is 12.9. The number of fused-ring (bicyclic) bond motifs is 1. The van der Waals surface area contributed by atoms with Crippen molar-refractivity contribution in [3.8, 4) is 0 Å². The van der Waals surface area contributed by atoms with Gasteiger partial charge in [-0.25, -0.2) is 0 Å². The summed E-state index contributed by atoms with van der Waals surface area (Å²) in [5, 5.41) is 8.63. The highest BCUT2D eigenvalue weighted by Gasteiger charge is 2.33. The van der Waals surface area contributed by atoms with Gasteiger partial charge >= 0.3 is 0 Å². The van der Waals surface area contributed by atoms with E-state index in [-0.39, 0.29) is 11.4 Å². The Morgan fingerprint density at radius 2 is 2.09 bits per heavy atom. The van der Waals surface area contributed by atoms with Crippen molar-refractivity contribution in [2.24, 2.45) is 0 Å². The predicted octanol–water partition coefficient (Wildman–Crippen LogP) is 2.34. The summed E-state index contributed by atoms with van der Waals surface area (Å²) in [5.41, 5.74) is 0.596. The summed E-state index contributed by atoms with van der Waals surface area (Å²) in [6.45, 7) is 2.18. The zero-order valence-corrected chi connectivity index (χ0v) is 12.9. The number of hydrogen-bond donors (Lipinski definition) is 2. The van der Waals surface area contributed by atoms with E-state index in [4.69, 9.17) is 4.74 Å². The van der Waals surface area contributed by atoms with Gasteiger partial charge in [0.15, 0.2) is 0 Å². The summed E-state index contributed by atoms with van der Waals surface area (Å²) < 4.78 is 5.32. The molecule has 1 amide bonds. The number of rotatable bonds is 5. The Morgan fingerprint density at radius 1 is 1.27 bits per heavy atom. The van der Waals surface area contributed by atoms with Gasteiger partial charge in [-0.1, -0.05) is 36.4 Å². The molecule has 2 aromatic carbocycles. The van der Waals surface area contributed by atoms with Gasteiger partial charge in [-0.15, -0.1) is 0 Å². The average molecular weight is 298 g/mol. The lowest BCUT2D eigenvalue weighted by Gasteiger charge is -2.29. The second-order valence-electron chi connectivity index (χ2n) is 5.95. The van der Waals surface area contributed by atoms with Crippen LogP contribution in [0, 0.1) is 0 Å². The Balaban J connectivity index is 1.76. The molecule has 1 aliphatic rings. The number of carbonyl (C=O) groups is 1. The lowest BCUT2D eigenvalue weighted by atomic mass is 9.98. The summed E-state index contributed by atoms with van der Waals surface area (Å²) in [7, 11) is 1.70. The van der Waals surface area contributed by atoms with E-state index in [1.165, 1.54) is 0 Å². The minimum Gasteiger partial charge on any atom is -0.383 e. The lowest BCUT2D eigenvalue weighted by molar-refractivity contribution is 0.0893. The van der Waals surface area contributed by atoms with Gasteiger partial charge in [-0.2, -0.15) is 0 Å².